The van der Waals surface area contributed by atoms with Gasteiger partial charge in [-0.3, -0.25) is 14.2 Å². The van der Waals surface area contributed by atoms with E-state index in [4.69, 9.17) is 4.74 Å². The zero-order valence-corrected chi connectivity index (χ0v) is 17.8. The van der Waals surface area contributed by atoms with Crippen LogP contribution in [0.1, 0.15) is 5.56 Å². The summed E-state index contributed by atoms with van der Waals surface area (Å²) in [5.41, 5.74) is 1.16. The van der Waals surface area contributed by atoms with Crippen molar-refractivity contribution in [2.45, 2.75) is 18.4 Å². The number of para-hydroxylation sites is 1. The summed E-state index contributed by atoms with van der Waals surface area (Å²) in [5, 5.41) is 3.10. The van der Waals surface area contributed by atoms with Gasteiger partial charge in [-0.25, -0.2) is 13.4 Å². The molecule has 0 spiro atoms. The molecule has 2 heterocycles. The molecule has 2 aromatic carbocycles. The quantitative estimate of drug-likeness (QED) is 0.639. The number of morpholine rings is 1. The van der Waals surface area contributed by atoms with Gasteiger partial charge in [0.15, 0.2) is 0 Å². The monoisotopic (exact) mass is 442 g/mol. The summed E-state index contributed by atoms with van der Waals surface area (Å²) in [5.74, 6) is -0.460. The highest BCUT2D eigenvalue weighted by atomic mass is 32.2. The highest BCUT2D eigenvalue weighted by Crippen LogP contribution is 2.24. The Morgan fingerprint density at radius 3 is 2.68 bits per heavy atom. The van der Waals surface area contributed by atoms with Crippen molar-refractivity contribution in [3.05, 3.63) is 64.7 Å². The van der Waals surface area contributed by atoms with Crippen molar-refractivity contribution in [1.29, 1.82) is 0 Å². The third-order valence-electron chi connectivity index (χ3n) is 5.11. The smallest absolute Gasteiger partial charge is 0.261 e. The average molecular weight is 442 g/mol. The Balaban J connectivity index is 1.55. The molecule has 1 amide bonds. The fourth-order valence-electron chi connectivity index (χ4n) is 3.46. The molecule has 0 saturated carbocycles. The lowest BCUT2D eigenvalue weighted by atomic mass is 10.2. The number of carbonyl (C=O) groups excluding carboxylic acids is 1. The minimum absolute atomic E-state index is 0.136. The molecule has 1 fully saturated rings. The number of hydrogen-bond donors (Lipinski definition) is 1. The van der Waals surface area contributed by atoms with Crippen LogP contribution in [-0.2, 0) is 26.1 Å². The van der Waals surface area contributed by atoms with Crippen LogP contribution in [0.15, 0.2) is 58.5 Å². The highest BCUT2D eigenvalue weighted by Gasteiger charge is 2.28. The zero-order valence-electron chi connectivity index (χ0n) is 16.9. The number of sulfonamides is 1. The molecular weight excluding hydrogens is 420 g/mol. The fourth-order valence-corrected chi connectivity index (χ4v) is 5.11. The number of hydrogen-bond acceptors (Lipinski definition) is 6. The molecule has 0 atom stereocenters. The minimum Gasteiger partial charge on any atom is -0.379 e. The number of fused-ring (bicyclic) bond motifs is 1. The zero-order chi connectivity index (χ0) is 22.0. The van der Waals surface area contributed by atoms with E-state index in [1.807, 2.05) is 0 Å². The third-order valence-corrected chi connectivity index (χ3v) is 7.15. The van der Waals surface area contributed by atoms with E-state index in [9.17, 15) is 18.0 Å². The van der Waals surface area contributed by atoms with Gasteiger partial charge in [0.25, 0.3) is 5.56 Å². The number of aryl methyl sites for hydroxylation is 1. The number of benzene rings is 2. The van der Waals surface area contributed by atoms with Crippen molar-refractivity contribution in [3.63, 3.8) is 0 Å². The Kier molecular flexibility index (Phi) is 5.86. The first-order valence-corrected chi connectivity index (χ1v) is 11.2. The molecule has 31 heavy (non-hydrogen) atoms. The molecule has 0 aliphatic carbocycles. The summed E-state index contributed by atoms with van der Waals surface area (Å²) >= 11 is 0. The second-order valence-electron chi connectivity index (χ2n) is 7.24. The first-order chi connectivity index (χ1) is 14.9. The summed E-state index contributed by atoms with van der Waals surface area (Å²) in [6.07, 6.45) is 1.33. The Hall–Kier alpha value is -3.08. The molecule has 1 saturated heterocycles. The second-order valence-corrected chi connectivity index (χ2v) is 9.15. The van der Waals surface area contributed by atoms with Gasteiger partial charge in [-0.15, -0.1) is 0 Å². The van der Waals surface area contributed by atoms with E-state index in [1.54, 1.807) is 43.3 Å². The van der Waals surface area contributed by atoms with Gasteiger partial charge in [0.1, 0.15) is 6.54 Å². The predicted molar refractivity (Wildman–Crippen MR) is 115 cm³/mol. The van der Waals surface area contributed by atoms with Crippen LogP contribution in [0, 0.1) is 6.92 Å². The number of rotatable bonds is 5. The molecule has 3 aromatic rings. The molecule has 0 bridgehead atoms. The van der Waals surface area contributed by atoms with Crippen LogP contribution in [0.25, 0.3) is 10.9 Å². The molecule has 1 aliphatic heterocycles. The molecule has 1 aromatic heterocycles. The van der Waals surface area contributed by atoms with Crippen molar-refractivity contribution in [3.8, 4) is 0 Å². The van der Waals surface area contributed by atoms with Gasteiger partial charge in [-0.2, -0.15) is 4.31 Å². The summed E-state index contributed by atoms with van der Waals surface area (Å²) in [7, 11) is -3.70. The first kappa shape index (κ1) is 21.2. The molecule has 9 nitrogen and oxygen atoms in total. The van der Waals surface area contributed by atoms with Crippen LogP contribution in [0.5, 0.6) is 0 Å². The standard InChI is InChI=1S/C21H22N4O5S/c1-15-6-7-16(12-19(15)31(28,29)25-8-10-30-11-9-25)23-20(26)13-24-14-22-18-5-3-2-4-17(18)21(24)27/h2-7,12,14H,8-11,13H2,1H3,(H,23,26). The van der Waals surface area contributed by atoms with Gasteiger partial charge in [0.2, 0.25) is 15.9 Å². The van der Waals surface area contributed by atoms with Crippen LogP contribution in [-0.4, -0.2) is 54.5 Å². The van der Waals surface area contributed by atoms with Gasteiger partial charge in [0, 0.05) is 18.8 Å². The van der Waals surface area contributed by atoms with Crippen molar-refractivity contribution >= 4 is 32.5 Å². The maximum absolute atomic E-state index is 13.0. The normalized spacial score (nSPS) is 15.1. The largest absolute Gasteiger partial charge is 0.379 e. The van der Waals surface area contributed by atoms with Gasteiger partial charge >= 0.3 is 0 Å². The minimum atomic E-state index is -3.70. The Labute approximate surface area is 179 Å². The molecule has 1 aliphatic rings. The number of amides is 1. The molecule has 1 N–H and O–H groups in total. The second kappa shape index (κ2) is 8.58. The summed E-state index contributed by atoms with van der Waals surface area (Å²) in [6, 6.07) is 11.6. The number of ether oxygens (including phenoxy) is 1. The Morgan fingerprint density at radius 1 is 1.16 bits per heavy atom. The average Bonchev–Trinajstić information content (AvgIpc) is 2.78. The Bertz CT molecular complexity index is 1300. The lowest BCUT2D eigenvalue weighted by Gasteiger charge is -2.26. The van der Waals surface area contributed by atoms with Crippen molar-refractivity contribution in [2.24, 2.45) is 0 Å². The van der Waals surface area contributed by atoms with E-state index in [1.165, 1.54) is 21.3 Å². The maximum Gasteiger partial charge on any atom is 0.261 e. The van der Waals surface area contributed by atoms with Gasteiger partial charge < -0.3 is 10.1 Å². The lowest BCUT2D eigenvalue weighted by Crippen LogP contribution is -2.40. The third kappa shape index (κ3) is 4.36. The van der Waals surface area contributed by atoms with Gasteiger partial charge in [-0.1, -0.05) is 18.2 Å². The van der Waals surface area contributed by atoms with Crippen LogP contribution in [0.3, 0.4) is 0 Å². The molecule has 10 heteroatoms. The SMILES string of the molecule is Cc1ccc(NC(=O)Cn2cnc3ccccc3c2=O)cc1S(=O)(=O)N1CCOCC1. The topological polar surface area (TPSA) is 111 Å². The number of aromatic nitrogens is 2. The van der Waals surface area contributed by atoms with E-state index in [0.717, 1.165) is 0 Å². The van der Waals surface area contributed by atoms with Crippen molar-refractivity contribution < 1.29 is 17.9 Å². The number of carbonyl (C=O) groups is 1. The molecule has 0 unspecified atom stereocenters. The summed E-state index contributed by atoms with van der Waals surface area (Å²) in [6.45, 7) is 2.74. The van der Waals surface area contributed by atoms with Gasteiger partial charge in [0.05, 0.1) is 35.3 Å². The van der Waals surface area contributed by atoms with Crippen molar-refractivity contribution in [1.82, 2.24) is 13.9 Å². The molecule has 0 radical (unpaired) electrons. The van der Waals surface area contributed by atoms with E-state index in [-0.39, 0.29) is 30.1 Å². The van der Waals surface area contributed by atoms with E-state index in [0.29, 0.717) is 35.4 Å². The van der Waals surface area contributed by atoms with Crippen LogP contribution < -0.4 is 10.9 Å². The predicted octanol–water partition coefficient (Wildman–Crippen LogP) is 1.36. The van der Waals surface area contributed by atoms with Crippen LogP contribution in [0.2, 0.25) is 0 Å². The number of anilines is 1. The lowest BCUT2D eigenvalue weighted by molar-refractivity contribution is -0.116. The summed E-state index contributed by atoms with van der Waals surface area (Å²) in [4.78, 5) is 29.4. The maximum atomic E-state index is 13.0. The van der Waals surface area contributed by atoms with Crippen molar-refractivity contribution in [2.75, 3.05) is 31.6 Å². The van der Waals surface area contributed by atoms with Crippen LogP contribution in [0.4, 0.5) is 5.69 Å². The van der Waals surface area contributed by atoms with Crippen LogP contribution >= 0.6 is 0 Å². The fraction of sp³-hybridized carbons (Fsp3) is 0.286. The molecular formula is C21H22N4O5S. The number of nitrogens with one attached hydrogen (secondary N) is 1. The van der Waals surface area contributed by atoms with E-state index in [2.05, 4.69) is 10.3 Å². The molecule has 4 rings (SSSR count). The molecule has 162 valence electrons. The van der Waals surface area contributed by atoms with E-state index < -0.39 is 15.9 Å². The first-order valence-electron chi connectivity index (χ1n) is 9.79. The summed E-state index contributed by atoms with van der Waals surface area (Å²) < 4.78 is 33.9. The van der Waals surface area contributed by atoms with Gasteiger partial charge in [-0.05, 0) is 36.8 Å². The van der Waals surface area contributed by atoms with E-state index >= 15 is 0 Å². The Morgan fingerprint density at radius 2 is 1.90 bits per heavy atom. The highest BCUT2D eigenvalue weighted by molar-refractivity contribution is 7.89. The number of nitrogens with zero attached hydrogens (tertiary/aromatic N) is 3.